The molecule has 1 amide bonds. The average Bonchev–Trinajstić information content (AvgIpc) is 2.42. The molecular weight excluding hydrogens is 274 g/mol. The van der Waals surface area contributed by atoms with Gasteiger partial charge in [-0.25, -0.2) is 0 Å². The van der Waals surface area contributed by atoms with Crippen LogP contribution in [0, 0.1) is 0 Å². The van der Waals surface area contributed by atoms with Crippen LogP contribution in [-0.4, -0.2) is 23.5 Å². The van der Waals surface area contributed by atoms with E-state index < -0.39 is 0 Å². The minimum Gasteiger partial charge on any atom is -0.324 e. The number of carbonyl (C=O) groups excluding carboxylic acids is 1. The van der Waals surface area contributed by atoms with Gasteiger partial charge in [-0.15, -0.1) is 0 Å². The Balaban J connectivity index is 2.10. The summed E-state index contributed by atoms with van der Waals surface area (Å²) in [6, 6.07) is 7.65. The zero-order valence-electron chi connectivity index (χ0n) is 11.6. The maximum absolute atomic E-state index is 11.9. The fourth-order valence-corrected chi connectivity index (χ4v) is 2.14. The van der Waals surface area contributed by atoms with Gasteiger partial charge in [-0.3, -0.25) is 9.78 Å². The van der Waals surface area contributed by atoms with Crippen LogP contribution in [0.5, 0.6) is 0 Å². The van der Waals surface area contributed by atoms with Crippen LogP contribution in [0.3, 0.4) is 0 Å². The van der Waals surface area contributed by atoms with Gasteiger partial charge in [0.1, 0.15) is 0 Å². The van der Waals surface area contributed by atoms with Crippen molar-refractivity contribution in [1.82, 2.24) is 10.3 Å². The van der Waals surface area contributed by atoms with E-state index >= 15 is 0 Å². The van der Waals surface area contributed by atoms with Crippen LogP contribution in [0.2, 0.25) is 5.02 Å². The van der Waals surface area contributed by atoms with E-state index in [2.05, 4.69) is 29.5 Å². The lowest BCUT2D eigenvalue weighted by Gasteiger charge is -2.10. The molecule has 1 aromatic carbocycles. The molecular formula is C15H18ClN3O. The van der Waals surface area contributed by atoms with E-state index in [1.807, 2.05) is 12.1 Å². The molecule has 0 saturated heterocycles. The maximum Gasteiger partial charge on any atom is 0.225 e. The van der Waals surface area contributed by atoms with Gasteiger partial charge in [0, 0.05) is 30.6 Å². The molecule has 0 bridgehead atoms. The average molecular weight is 292 g/mol. The smallest absolute Gasteiger partial charge is 0.225 e. The third-order valence-electron chi connectivity index (χ3n) is 2.90. The highest BCUT2D eigenvalue weighted by Crippen LogP contribution is 2.27. The van der Waals surface area contributed by atoms with Gasteiger partial charge < -0.3 is 10.6 Å². The molecule has 2 N–H and O–H groups in total. The van der Waals surface area contributed by atoms with Gasteiger partial charge in [0.25, 0.3) is 0 Å². The molecule has 0 aliphatic rings. The quantitative estimate of drug-likeness (QED) is 0.889. The van der Waals surface area contributed by atoms with Crippen LogP contribution in [-0.2, 0) is 4.79 Å². The standard InChI is InChI=1S/C15H18ClN3O/c1-10(2)17-9-7-14(20)19-13-6-5-12(16)11-4-3-8-18-15(11)13/h3-6,8,10,17H,7,9H2,1-2H3,(H,19,20). The monoisotopic (exact) mass is 291 g/mol. The summed E-state index contributed by atoms with van der Waals surface area (Å²) in [7, 11) is 0. The van der Waals surface area contributed by atoms with Crippen LogP contribution >= 0.6 is 11.6 Å². The molecule has 0 fully saturated rings. The fourth-order valence-electron chi connectivity index (χ4n) is 1.93. The van der Waals surface area contributed by atoms with Crippen LogP contribution in [0.1, 0.15) is 20.3 Å². The Bertz CT molecular complexity index is 613. The van der Waals surface area contributed by atoms with E-state index in [4.69, 9.17) is 11.6 Å². The van der Waals surface area contributed by atoms with Crippen molar-refractivity contribution in [2.24, 2.45) is 0 Å². The van der Waals surface area contributed by atoms with E-state index in [9.17, 15) is 4.79 Å². The van der Waals surface area contributed by atoms with Gasteiger partial charge in [0.05, 0.1) is 16.2 Å². The molecule has 0 aliphatic carbocycles. The van der Waals surface area contributed by atoms with E-state index in [-0.39, 0.29) is 5.91 Å². The third kappa shape index (κ3) is 3.68. The molecule has 0 unspecified atom stereocenters. The first kappa shape index (κ1) is 14.8. The minimum atomic E-state index is -0.0348. The van der Waals surface area contributed by atoms with E-state index in [0.29, 0.717) is 35.2 Å². The van der Waals surface area contributed by atoms with Crippen molar-refractivity contribution < 1.29 is 4.79 Å². The Morgan fingerprint density at radius 1 is 1.35 bits per heavy atom. The summed E-state index contributed by atoms with van der Waals surface area (Å²) in [5, 5.41) is 7.57. The van der Waals surface area contributed by atoms with Crippen molar-refractivity contribution in [3.05, 3.63) is 35.5 Å². The molecule has 106 valence electrons. The molecule has 1 heterocycles. The number of benzene rings is 1. The van der Waals surface area contributed by atoms with Gasteiger partial charge in [-0.1, -0.05) is 25.4 Å². The second-order valence-electron chi connectivity index (χ2n) is 4.90. The number of nitrogens with zero attached hydrogens (tertiary/aromatic N) is 1. The van der Waals surface area contributed by atoms with Crippen LogP contribution in [0.4, 0.5) is 5.69 Å². The number of nitrogens with one attached hydrogen (secondary N) is 2. The summed E-state index contributed by atoms with van der Waals surface area (Å²) in [4.78, 5) is 16.2. The minimum absolute atomic E-state index is 0.0348. The predicted molar refractivity (Wildman–Crippen MR) is 83.1 cm³/mol. The van der Waals surface area contributed by atoms with E-state index in [1.165, 1.54) is 0 Å². The van der Waals surface area contributed by atoms with Crippen molar-refractivity contribution in [2.75, 3.05) is 11.9 Å². The molecule has 2 rings (SSSR count). The number of carbonyl (C=O) groups is 1. The van der Waals surface area contributed by atoms with Gasteiger partial charge in [-0.2, -0.15) is 0 Å². The number of anilines is 1. The lowest BCUT2D eigenvalue weighted by Crippen LogP contribution is -2.27. The number of halogens is 1. The van der Waals surface area contributed by atoms with Crippen molar-refractivity contribution in [3.63, 3.8) is 0 Å². The number of fused-ring (bicyclic) bond motifs is 1. The number of aromatic nitrogens is 1. The van der Waals surface area contributed by atoms with Gasteiger partial charge in [-0.05, 0) is 24.3 Å². The zero-order chi connectivity index (χ0) is 14.5. The lowest BCUT2D eigenvalue weighted by molar-refractivity contribution is -0.116. The highest BCUT2D eigenvalue weighted by molar-refractivity contribution is 6.35. The first-order valence-electron chi connectivity index (χ1n) is 6.64. The Kier molecular flexibility index (Phi) is 4.93. The van der Waals surface area contributed by atoms with Crippen molar-refractivity contribution in [1.29, 1.82) is 0 Å². The number of hydrogen-bond acceptors (Lipinski definition) is 3. The molecule has 0 atom stereocenters. The molecule has 0 saturated carbocycles. The normalized spacial score (nSPS) is 11.0. The molecule has 1 aromatic heterocycles. The second-order valence-corrected chi connectivity index (χ2v) is 5.31. The SMILES string of the molecule is CC(C)NCCC(=O)Nc1ccc(Cl)c2cccnc12. The maximum atomic E-state index is 11.9. The van der Waals surface area contributed by atoms with Crippen LogP contribution in [0.25, 0.3) is 10.9 Å². The van der Waals surface area contributed by atoms with Crippen molar-refractivity contribution in [2.45, 2.75) is 26.3 Å². The van der Waals surface area contributed by atoms with Gasteiger partial charge in [0.2, 0.25) is 5.91 Å². The summed E-state index contributed by atoms with van der Waals surface area (Å²) < 4.78 is 0. The topological polar surface area (TPSA) is 54.0 Å². The summed E-state index contributed by atoms with van der Waals surface area (Å²) in [5.41, 5.74) is 1.41. The number of pyridine rings is 1. The molecule has 2 aromatic rings. The highest BCUT2D eigenvalue weighted by Gasteiger charge is 2.08. The highest BCUT2D eigenvalue weighted by atomic mass is 35.5. The van der Waals surface area contributed by atoms with Crippen LogP contribution < -0.4 is 10.6 Å². The Labute approximate surface area is 123 Å². The van der Waals surface area contributed by atoms with Crippen molar-refractivity contribution in [3.8, 4) is 0 Å². The second kappa shape index (κ2) is 6.68. The Morgan fingerprint density at radius 2 is 2.15 bits per heavy atom. The first-order chi connectivity index (χ1) is 9.58. The van der Waals surface area contributed by atoms with E-state index in [1.54, 1.807) is 18.3 Å². The molecule has 0 aliphatic heterocycles. The lowest BCUT2D eigenvalue weighted by atomic mass is 10.2. The molecule has 5 heteroatoms. The summed E-state index contributed by atoms with van der Waals surface area (Å²) in [6.45, 7) is 4.76. The largest absolute Gasteiger partial charge is 0.324 e. The summed E-state index contributed by atoms with van der Waals surface area (Å²) in [5.74, 6) is -0.0348. The molecule has 0 spiro atoms. The first-order valence-corrected chi connectivity index (χ1v) is 7.02. The van der Waals surface area contributed by atoms with Crippen LogP contribution in [0.15, 0.2) is 30.5 Å². The van der Waals surface area contributed by atoms with Gasteiger partial charge >= 0.3 is 0 Å². The number of amides is 1. The molecule has 4 nitrogen and oxygen atoms in total. The summed E-state index contributed by atoms with van der Waals surface area (Å²) in [6.07, 6.45) is 2.11. The Hall–Kier alpha value is -1.65. The predicted octanol–water partition coefficient (Wildman–Crippen LogP) is 3.21. The zero-order valence-corrected chi connectivity index (χ0v) is 12.4. The Morgan fingerprint density at radius 3 is 2.90 bits per heavy atom. The fraction of sp³-hybridized carbons (Fsp3) is 0.333. The van der Waals surface area contributed by atoms with Crippen molar-refractivity contribution >= 4 is 34.1 Å². The number of hydrogen-bond donors (Lipinski definition) is 2. The third-order valence-corrected chi connectivity index (χ3v) is 3.22. The number of rotatable bonds is 5. The molecule has 20 heavy (non-hydrogen) atoms. The van der Waals surface area contributed by atoms with E-state index in [0.717, 1.165) is 5.39 Å². The molecule has 0 radical (unpaired) electrons. The van der Waals surface area contributed by atoms with Gasteiger partial charge in [0.15, 0.2) is 0 Å². The summed E-state index contributed by atoms with van der Waals surface area (Å²) >= 11 is 6.12.